The average molecular weight is 437 g/mol. The van der Waals surface area contributed by atoms with E-state index < -0.39 is 17.1 Å². The smallest absolute Gasteiger partial charge is 0.338 e. The number of nitrogens with one attached hydrogen (secondary N) is 1. The van der Waals surface area contributed by atoms with E-state index in [0.29, 0.717) is 36.6 Å². The molecule has 0 radical (unpaired) electrons. The van der Waals surface area contributed by atoms with Gasteiger partial charge in [-0.3, -0.25) is 10.1 Å². The Bertz CT molecular complexity index is 693. The van der Waals surface area contributed by atoms with Gasteiger partial charge in [-0.25, -0.2) is 4.79 Å². The molecule has 0 saturated heterocycles. The molecule has 0 aliphatic rings. The summed E-state index contributed by atoms with van der Waals surface area (Å²) >= 11 is 0. The fraction of sp³-hybridized carbons (Fsp3) is 0.609. The summed E-state index contributed by atoms with van der Waals surface area (Å²) in [7, 11) is 0. The van der Waals surface area contributed by atoms with E-state index >= 15 is 0 Å². The van der Waals surface area contributed by atoms with Gasteiger partial charge in [0.25, 0.3) is 0 Å². The molecule has 0 fully saturated rings. The van der Waals surface area contributed by atoms with Gasteiger partial charge < -0.3 is 19.5 Å². The highest BCUT2D eigenvalue weighted by molar-refractivity contribution is 5.81. The summed E-state index contributed by atoms with van der Waals surface area (Å²) in [5.74, 6) is 0.486. The van der Waals surface area contributed by atoms with E-state index in [-0.39, 0.29) is 0 Å². The van der Waals surface area contributed by atoms with Gasteiger partial charge in [0.05, 0.1) is 24.2 Å². The van der Waals surface area contributed by atoms with Gasteiger partial charge in [-0.05, 0) is 32.4 Å². The number of esters is 1. The first kappa shape index (κ1) is 26.3. The molecule has 0 heterocycles. The van der Waals surface area contributed by atoms with E-state index in [2.05, 4.69) is 12.2 Å². The lowest BCUT2D eigenvalue weighted by Gasteiger charge is -2.17. The topological polar surface area (TPSA) is 99.9 Å². The molecule has 0 aliphatic heterocycles. The van der Waals surface area contributed by atoms with E-state index in [9.17, 15) is 14.9 Å². The van der Waals surface area contributed by atoms with Gasteiger partial charge in [0.2, 0.25) is 6.20 Å². The maximum Gasteiger partial charge on any atom is 0.338 e. The Morgan fingerprint density at radius 3 is 2.39 bits per heavy atom. The van der Waals surface area contributed by atoms with Gasteiger partial charge in [0.15, 0.2) is 17.7 Å². The molecular formula is C23H36N2O6. The Kier molecular flexibility index (Phi) is 13.5. The molecule has 174 valence electrons. The molecule has 1 atom stereocenters. The van der Waals surface area contributed by atoms with Gasteiger partial charge in [-0.15, -0.1) is 0 Å². The standard InChI is InChI=1S/C23H36N2O6/c1-4-6-7-8-9-10-11-12-17-30-21-14-13-20(18-22(21)29-5-2)24-19(3)31-23(26)15-16-25(27)28/h13-16,18-19,24H,4-12,17H2,1-3H3/b16-15+. The van der Waals surface area contributed by atoms with Gasteiger partial charge in [-0.1, -0.05) is 51.9 Å². The summed E-state index contributed by atoms with van der Waals surface area (Å²) in [4.78, 5) is 21.1. The predicted octanol–water partition coefficient (Wildman–Crippen LogP) is 5.70. The van der Waals surface area contributed by atoms with E-state index in [1.54, 1.807) is 13.0 Å². The van der Waals surface area contributed by atoms with Crippen molar-refractivity contribution in [3.05, 3.63) is 40.6 Å². The predicted molar refractivity (Wildman–Crippen MR) is 121 cm³/mol. The van der Waals surface area contributed by atoms with Crippen molar-refractivity contribution < 1.29 is 23.9 Å². The minimum atomic E-state index is -0.799. The largest absolute Gasteiger partial charge is 0.490 e. The quantitative estimate of drug-likeness (QED) is 0.0835. The van der Waals surface area contributed by atoms with Gasteiger partial charge in [-0.2, -0.15) is 0 Å². The summed E-state index contributed by atoms with van der Waals surface area (Å²) < 4.78 is 16.6. The molecule has 0 bridgehead atoms. The van der Waals surface area contributed by atoms with Crippen molar-refractivity contribution in [1.29, 1.82) is 0 Å². The first-order valence-corrected chi connectivity index (χ1v) is 11.1. The zero-order chi connectivity index (χ0) is 22.9. The zero-order valence-electron chi connectivity index (χ0n) is 18.9. The fourth-order valence-electron chi connectivity index (χ4n) is 3.00. The number of ether oxygens (including phenoxy) is 3. The minimum absolute atomic E-state index is 0.494. The van der Waals surface area contributed by atoms with Crippen molar-refractivity contribution in [3.8, 4) is 11.5 Å². The molecule has 1 aromatic carbocycles. The lowest BCUT2D eigenvalue weighted by Crippen LogP contribution is -2.22. The number of nitro groups is 1. The van der Waals surface area contributed by atoms with E-state index in [1.807, 2.05) is 19.1 Å². The first-order valence-electron chi connectivity index (χ1n) is 11.1. The number of carbonyl (C=O) groups is 1. The van der Waals surface area contributed by atoms with Crippen LogP contribution in [0.2, 0.25) is 0 Å². The van der Waals surface area contributed by atoms with Crippen molar-refractivity contribution in [2.75, 3.05) is 18.5 Å². The third-order valence-electron chi connectivity index (χ3n) is 4.49. The van der Waals surface area contributed by atoms with Crippen LogP contribution in [0.25, 0.3) is 0 Å². The summed E-state index contributed by atoms with van der Waals surface area (Å²) in [6, 6.07) is 5.41. The number of unbranched alkanes of at least 4 members (excludes halogenated alkanes) is 7. The fourth-order valence-corrected chi connectivity index (χ4v) is 3.00. The van der Waals surface area contributed by atoms with Crippen LogP contribution < -0.4 is 14.8 Å². The third-order valence-corrected chi connectivity index (χ3v) is 4.49. The second-order valence-electron chi connectivity index (χ2n) is 7.24. The van der Waals surface area contributed by atoms with Crippen molar-refractivity contribution in [2.24, 2.45) is 0 Å². The van der Waals surface area contributed by atoms with Crippen molar-refractivity contribution in [2.45, 2.75) is 78.4 Å². The minimum Gasteiger partial charge on any atom is -0.490 e. The molecule has 0 aliphatic carbocycles. The number of hydrogen-bond acceptors (Lipinski definition) is 7. The van der Waals surface area contributed by atoms with Crippen LogP contribution in [0.4, 0.5) is 5.69 Å². The van der Waals surface area contributed by atoms with Gasteiger partial charge in [0.1, 0.15) is 0 Å². The Morgan fingerprint density at radius 1 is 1.06 bits per heavy atom. The van der Waals surface area contributed by atoms with Crippen LogP contribution in [0.3, 0.4) is 0 Å². The van der Waals surface area contributed by atoms with Crippen LogP contribution in [-0.2, 0) is 9.53 Å². The number of hydrogen-bond donors (Lipinski definition) is 1. The first-order chi connectivity index (χ1) is 15.0. The van der Waals surface area contributed by atoms with Gasteiger partial charge >= 0.3 is 5.97 Å². The summed E-state index contributed by atoms with van der Waals surface area (Å²) in [6.07, 6.45) is 10.6. The van der Waals surface area contributed by atoms with E-state index in [4.69, 9.17) is 14.2 Å². The molecule has 8 nitrogen and oxygen atoms in total. The van der Waals surface area contributed by atoms with E-state index in [1.165, 1.54) is 38.5 Å². The molecule has 0 amide bonds. The summed E-state index contributed by atoms with van der Waals surface area (Å²) in [5.41, 5.74) is 0.682. The molecular weight excluding hydrogens is 400 g/mol. The molecule has 31 heavy (non-hydrogen) atoms. The molecule has 0 saturated carbocycles. The van der Waals surface area contributed by atoms with Crippen LogP contribution in [-0.4, -0.2) is 30.3 Å². The summed E-state index contributed by atoms with van der Waals surface area (Å²) in [5, 5.41) is 13.3. The van der Waals surface area contributed by atoms with Crippen LogP contribution in [0.15, 0.2) is 30.5 Å². The highest BCUT2D eigenvalue weighted by Gasteiger charge is 2.11. The lowest BCUT2D eigenvalue weighted by molar-refractivity contribution is -0.402. The van der Waals surface area contributed by atoms with Crippen LogP contribution in [0, 0.1) is 10.1 Å². The molecule has 1 unspecified atom stereocenters. The monoisotopic (exact) mass is 436 g/mol. The number of carbonyl (C=O) groups excluding carboxylic acids is 1. The second-order valence-corrected chi connectivity index (χ2v) is 7.24. The van der Waals surface area contributed by atoms with Crippen LogP contribution in [0.1, 0.15) is 72.1 Å². The Morgan fingerprint density at radius 2 is 1.74 bits per heavy atom. The SMILES string of the molecule is CCCCCCCCCCOc1ccc(NC(C)OC(=O)/C=C/[N+](=O)[O-])cc1OCC. The van der Waals surface area contributed by atoms with Crippen molar-refractivity contribution >= 4 is 11.7 Å². The number of benzene rings is 1. The highest BCUT2D eigenvalue weighted by atomic mass is 16.6. The van der Waals surface area contributed by atoms with Crippen LogP contribution in [0.5, 0.6) is 11.5 Å². The molecule has 8 heteroatoms. The Hall–Kier alpha value is -2.77. The summed E-state index contributed by atoms with van der Waals surface area (Å²) in [6.45, 7) is 6.89. The number of rotatable bonds is 17. The second kappa shape index (κ2) is 16.0. The molecule has 1 N–H and O–H groups in total. The molecule has 0 aromatic heterocycles. The maximum absolute atomic E-state index is 11.5. The highest BCUT2D eigenvalue weighted by Crippen LogP contribution is 2.31. The van der Waals surface area contributed by atoms with Crippen LogP contribution >= 0.6 is 0 Å². The third kappa shape index (κ3) is 12.5. The van der Waals surface area contributed by atoms with E-state index in [0.717, 1.165) is 18.9 Å². The zero-order valence-corrected chi connectivity index (χ0v) is 18.9. The average Bonchev–Trinajstić information content (AvgIpc) is 2.72. The number of nitrogens with zero attached hydrogens (tertiary/aromatic N) is 1. The Labute approximate surface area is 185 Å². The lowest BCUT2D eigenvalue weighted by atomic mass is 10.1. The number of anilines is 1. The molecule has 0 spiro atoms. The van der Waals surface area contributed by atoms with Gasteiger partial charge in [0, 0.05) is 11.8 Å². The Balaban J connectivity index is 2.46. The normalized spacial score (nSPS) is 11.8. The maximum atomic E-state index is 11.5. The molecule has 1 rings (SSSR count). The van der Waals surface area contributed by atoms with Crippen molar-refractivity contribution in [1.82, 2.24) is 0 Å². The molecule has 1 aromatic rings. The van der Waals surface area contributed by atoms with Crippen molar-refractivity contribution in [3.63, 3.8) is 0 Å².